The third-order valence-electron chi connectivity index (χ3n) is 3.86. The lowest BCUT2D eigenvalue weighted by Crippen LogP contribution is -2.44. The van der Waals surface area contributed by atoms with Crippen LogP contribution in [0.25, 0.3) is 0 Å². The maximum atomic E-state index is 12.1. The van der Waals surface area contributed by atoms with Crippen LogP contribution in [0.1, 0.15) is 33.0 Å². The van der Waals surface area contributed by atoms with Crippen molar-refractivity contribution in [3.05, 3.63) is 17.1 Å². The highest BCUT2D eigenvalue weighted by Gasteiger charge is 2.24. The molecule has 28 heavy (non-hydrogen) atoms. The zero-order valence-corrected chi connectivity index (χ0v) is 17.1. The summed E-state index contributed by atoms with van der Waals surface area (Å²) in [6, 6.07) is -0.366. The minimum atomic E-state index is -0.462. The van der Waals surface area contributed by atoms with Crippen molar-refractivity contribution >= 4 is 29.7 Å². The number of nitrogens with two attached hydrogens (primary N) is 1. The van der Waals surface area contributed by atoms with Gasteiger partial charge in [-0.2, -0.15) is 0 Å². The van der Waals surface area contributed by atoms with Gasteiger partial charge in [-0.3, -0.25) is 4.79 Å². The van der Waals surface area contributed by atoms with E-state index in [4.69, 9.17) is 10.5 Å². The van der Waals surface area contributed by atoms with Gasteiger partial charge in [0.25, 0.3) is 0 Å². The molecule has 3 amide bonds. The maximum Gasteiger partial charge on any atom is 0.337 e. The molecule has 0 fully saturated rings. The second-order valence-corrected chi connectivity index (χ2v) is 7.59. The standard InChI is InChI=1S/C17H26N6O4S/c1-4-27-15(25)11-7-19-16(26)20-12(11)9-28-17-22-21-14(6-5-13(18)24)23(17)8-10(2)3/h10H,4-9H2,1-3H3,(H2,18,24)(H2,19,20,26). The van der Waals surface area contributed by atoms with Gasteiger partial charge < -0.3 is 25.7 Å². The van der Waals surface area contributed by atoms with Crippen LogP contribution in [0.5, 0.6) is 0 Å². The van der Waals surface area contributed by atoms with Gasteiger partial charge in [-0.25, -0.2) is 9.59 Å². The summed E-state index contributed by atoms with van der Waals surface area (Å²) >= 11 is 1.36. The Morgan fingerprint density at radius 3 is 2.75 bits per heavy atom. The molecule has 0 bridgehead atoms. The average Bonchev–Trinajstić information content (AvgIpc) is 2.99. The van der Waals surface area contributed by atoms with E-state index in [1.165, 1.54) is 11.8 Å². The number of carbonyl (C=O) groups is 3. The summed E-state index contributed by atoms with van der Waals surface area (Å²) < 4.78 is 7.01. The van der Waals surface area contributed by atoms with Gasteiger partial charge in [0.05, 0.1) is 18.7 Å². The summed E-state index contributed by atoms with van der Waals surface area (Å²) in [6.45, 7) is 6.91. The number of amides is 3. The molecule has 1 aromatic rings. The molecular formula is C17H26N6O4S. The van der Waals surface area contributed by atoms with Gasteiger partial charge in [0, 0.05) is 30.8 Å². The Bertz CT molecular complexity index is 774. The summed E-state index contributed by atoms with van der Waals surface area (Å²) in [5, 5.41) is 14.3. The molecule has 11 heteroatoms. The molecule has 10 nitrogen and oxygen atoms in total. The van der Waals surface area contributed by atoms with Crippen molar-refractivity contribution in [1.29, 1.82) is 0 Å². The fourth-order valence-electron chi connectivity index (χ4n) is 2.60. The first kappa shape index (κ1) is 21.7. The molecule has 154 valence electrons. The molecular weight excluding hydrogens is 384 g/mol. The molecule has 1 aromatic heterocycles. The number of nitrogens with one attached hydrogen (secondary N) is 2. The molecule has 2 rings (SSSR count). The van der Waals surface area contributed by atoms with E-state index in [0.29, 0.717) is 46.9 Å². The first-order chi connectivity index (χ1) is 13.3. The first-order valence-corrected chi connectivity index (χ1v) is 10.1. The molecule has 1 aliphatic heterocycles. The largest absolute Gasteiger partial charge is 0.463 e. The van der Waals surface area contributed by atoms with Gasteiger partial charge in [-0.1, -0.05) is 25.6 Å². The third kappa shape index (κ3) is 5.98. The average molecular weight is 411 g/mol. The van der Waals surface area contributed by atoms with Gasteiger partial charge in [-0.05, 0) is 12.8 Å². The van der Waals surface area contributed by atoms with Crippen LogP contribution in [-0.4, -0.2) is 51.6 Å². The molecule has 4 N–H and O–H groups in total. The zero-order chi connectivity index (χ0) is 20.7. The van der Waals surface area contributed by atoms with Crippen molar-refractivity contribution < 1.29 is 19.1 Å². The Morgan fingerprint density at radius 2 is 2.11 bits per heavy atom. The maximum absolute atomic E-state index is 12.1. The lowest BCUT2D eigenvalue weighted by atomic mass is 10.2. The minimum Gasteiger partial charge on any atom is -0.463 e. The Balaban J connectivity index is 2.19. The quantitative estimate of drug-likeness (QED) is 0.378. The predicted molar refractivity (Wildman–Crippen MR) is 103 cm³/mol. The Kier molecular flexibility index (Phi) is 7.85. The monoisotopic (exact) mass is 410 g/mol. The van der Waals surface area contributed by atoms with E-state index in [9.17, 15) is 14.4 Å². The second-order valence-electron chi connectivity index (χ2n) is 6.64. The van der Waals surface area contributed by atoms with Gasteiger partial charge >= 0.3 is 12.0 Å². The van der Waals surface area contributed by atoms with Gasteiger partial charge in [0.15, 0.2) is 5.16 Å². The van der Waals surface area contributed by atoms with Gasteiger partial charge in [0.2, 0.25) is 5.91 Å². The third-order valence-corrected chi connectivity index (χ3v) is 4.85. The highest BCUT2D eigenvalue weighted by atomic mass is 32.2. The van der Waals surface area contributed by atoms with Crippen LogP contribution in [0, 0.1) is 5.92 Å². The number of aromatic nitrogens is 3. The van der Waals surface area contributed by atoms with Crippen molar-refractivity contribution in [3.8, 4) is 0 Å². The van der Waals surface area contributed by atoms with Crippen LogP contribution < -0.4 is 16.4 Å². The first-order valence-electron chi connectivity index (χ1n) is 9.09. The smallest absolute Gasteiger partial charge is 0.337 e. The number of primary amides is 1. The van der Waals surface area contributed by atoms with Crippen molar-refractivity contribution in [1.82, 2.24) is 25.4 Å². The van der Waals surface area contributed by atoms with Crippen molar-refractivity contribution in [2.75, 3.05) is 18.9 Å². The van der Waals surface area contributed by atoms with E-state index in [2.05, 4.69) is 34.7 Å². The molecule has 0 saturated heterocycles. The Morgan fingerprint density at radius 1 is 1.36 bits per heavy atom. The van der Waals surface area contributed by atoms with Crippen LogP contribution in [0.4, 0.5) is 4.79 Å². The molecule has 0 unspecified atom stereocenters. The van der Waals surface area contributed by atoms with E-state index < -0.39 is 11.9 Å². The minimum absolute atomic E-state index is 0.114. The summed E-state index contributed by atoms with van der Waals surface area (Å²) in [7, 11) is 0. The lowest BCUT2D eigenvalue weighted by Gasteiger charge is -2.21. The number of carbonyl (C=O) groups excluding carboxylic acids is 3. The Hall–Kier alpha value is -2.56. The highest BCUT2D eigenvalue weighted by Crippen LogP contribution is 2.23. The summed E-state index contributed by atoms with van der Waals surface area (Å²) in [5.41, 5.74) is 6.12. The van der Waals surface area contributed by atoms with Crippen LogP contribution in [-0.2, 0) is 27.3 Å². The van der Waals surface area contributed by atoms with Crippen LogP contribution in [0.2, 0.25) is 0 Å². The molecule has 0 saturated carbocycles. The van der Waals surface area contributed by atoms with E-state index in [1.807, 2.05) is 4.57 Å². The highest BCUT2D eigenvalue weighted by molar-refractivity contribution is 7.99. The van der Waals surface area contributed by atoms with Gasteiger partial charge in [0.1, 0.15) is 5.82 Å². The Labute approximate surface area is 167 Å². The fraction of sp³-hybridized carbons (Fsp3) is 0.588. The van der Waals surface area contributed by atoms with E-state index >= 15 is 0 Å². The molecule has 0 atom stereocenters. The number of ether oxygens (including phenoxy) is 1. The van der Waals surface area contributed by atoms with Crippen molar-refractivity contribution in [3.63, 3.8) is 0 Å². The fourth-order valence-corrected chi connectivity index (χ4v) is 3.55. The molecule has 0 radical (unpaired) electrons. The summed E-state index contributed by atoms with van der Waals surface area (Å²) in [4.78, 5) is 34.9. The van der Waals surface area contributed by atoms with Crippen LogP contribution in [0.3, 0.4) is 0 Å². The SMILES string of the molecule is CCOC(=O)C1=C(CSc2nnc(CCC(N)=O)n2CC(C)C)NC(=O)NC1. The normalized spacial score (nSPS) is 14.1. The van der Waals surface area contributed by atoms with Gasteiger partial charge in [-0.15, -0.1) is 10.2 Å². The molecule has 2 heterocycles. The molecule has 0 aromatic carbocycles. The zero-order valence-electron chi connectivity index (χ0n) is 16.3. The van der Waals surface area contributed by atoms with E-state index in [0.717, 1.165) is 0 Å². The van der Waals surface area contributed by atoms with E-state index in [-0.39, 0.29) is 25.6 Å². The van der Waals surface area contributed by atoms with Crippen molar-refractivity contribution in [2.24, 2.45) is 11.7 Å². The van der Waals surface area contributed by atoms with Crippen LogP contribution >= 0.6 is 11.8 Å². The number of hydrogen-bond acceptors (Lipinski definition) is 7. The molecule has 0 spiro atoms. The molecule has 0 aliphatic carbocycles. The van der Waals surface area contributed by atoms with E-state index in [1.54, 1.807) is 6.92 Å². The predicted octanol–water partition coefficient (Wildman–Crippen LogP) is 0.574. The number of esters is 1. The number of aryl methyl sites for hydroxylation is 1. The number of nitrogens with zero attached hydrogens (tertiary/aromatic N) is 3. The van der Waals surface area contributed by atoms with Crippen molar-refractivity contribution in [2.45, 2.75) is 45.3 Å². The number of thioether (sulfide) groups is 1. The number of rotatable bonds is 10. The second kappa shape index (κ2) is 10.1. The lowest BCUT2D eigenvalue weighted by molar-refractivity contribution is -0.138. The number of urea groups is 1. The summed E-state index contributed by atoms with van der Waals surface area (Å²) in [6.07, 6.45) is 0.605. The molecule has 1 aliphatic rings. The topological polar surface area (TPSA) is 141 Å². The number of hydrogen-bond donors (Lipinski definition) is 3. The summed E-state index contributed by atoms with van der Waals surface area (Å²) in [5.74, 6) is 0.499. The van der Waals surface area contributed by atoms with Crippen LogP contribution in [0.15, 0.2) is 16.4 Å².